The van der Waals surface area contributed by atoms with Crippen molar-refractivity contribution >= 4 is 29.0 Å². The molecule has 1 aromatic heterocycles. The summed E-state index contributed by atoms with van der Waals surface area (Å²) in [5.74, 6) is -0.713. The second kappa shape index (κ2) is 9.27. The van der Waals surface area contributed by atoms with E-state index in [-0.39, 0.29) is 17.6 Å². The summed E-state index contributed by atoms with van der Waals surface area (Å²) in [7, 11) is 0. The Morgan fingerprint density at radius 3 is 2.53 bits per heavy atom. The smallest absolute Gasteiger partial charge is 0.254 e. The normalized spacial score (nSPS) is 20.0. The van der Waals surface area contributed by atoms with Crippen LogP contribution in [0.25, 0.3) is 0 Å². The summed E-state index contributed by atoms with van der Waals surface area (Å²) < 4.78 is 0. The summed E-state index contributed by atoms with van der Waals surface area (Å²) in [5, 5.41) is 6.86. The van der Waals surface area contributed by atoms with E-state index in [2.05, 4.69) is 27.8 Å². The molecule has 1 aliphatic heterocycles. The zero-order valence-corrected chi connectivity index (χ0v) is 19.5. The molecule has 0 radical (unpaired) electrons. The van der Waals surface area contributed by atoms with E-state index in [1.807, 2.05) is 43.3 Å². The minimum atomic E-state index is -0.550. The fraction of sp³-hybridized carbons (Fsp3) is 0.179. The zero-order valence-electron chi connectivity index (χ0n) is 18.7. The van der Waals surface area contributed by atoms with Crippen LogP contribution in [0.4, 0.5) is 5.69 Å². The van der Waals surface area contributed by atoms with Gasteiger partial charge in [-0.15, -0.1) is 0 Å². The molecule has 2 aromatic carbocycles. The lowest BCUT2D eigenvalue weighted by Crippen LogP contribution is -2.37. The molecule has 0 saturated carbocycles. The van der Waals surface area contributed by atoms with Crippen molar-refractivity contribution in [3.05, 3.63) is 118 Å². The predicted molar refractivity (Wildman–Crippen MR) is 133 cm³/mol. The number of allylic oxidation sites excluding steroid dienone is 3. The Morgan fingerprint density at radius 1 is 1.03 bits per heavy atom. The first kappa shape index (κ1) is 22.1. The first-order valence-electron chi connectivity index (χ1n) is 11.3. The molecule has 3 aromatic rings. The average molecular weight is 470 g/mol. The maximum absolute atomic E-state index is 13.6. The van der Waals surface area contributed by atoms with E-state index in [0.29, 0.717) is 40.4 Å². The quantitative estimate of drug-likeness (QED) is 0.511. The number of benzene rings is 2. The van der Waals surface area contributed by atoms with Crippen LogP contribution in [0.3, 0.4) is 0 Å². The lowest BCUT2D eigenvalue weighted by atomic mass is 9.71. The van der Waals surface area contributed by atoms with Crippen molar-refractivity contribution < 1.29 is 9.59 Å². The number of pyridine rings is 1. The van der Waals surface area contributed by atoms with Gasteiger partial charge in [0.15, 0.2) is 5.78 Å². The Labute approximate surface area is 203 Å². The molecule has 2 N–H and O–H groups in total. The molecule has 34 heavy (non-hydrogen) atoms. The highest BCUT2D eigenvalue weighted by Gasteiger charge is 2.41. The molecule has 0 saturated heterocycles. The van der Waals surface area contributed by atoms with Gasteiger partial charge in [0, 0.05) is 46.1 Å². The molecule has 2 heterocycles. The van der Waals surface area contributed by atoms with Gasteiger partial charge in [-0.3, -0.25) is 14.6 Å². The number of hydrogen-bond donors (Lipinski definition) is 2. The molecule has 2 atom stereocenters. The third-order valence-corrected chi connectivity index (χ3v) is 6.82. The number of rotatable bonds is 4. The number of halogens is 1. The number of carbonyl (C=O) groups is 2. The molecule has 0 spiro atoms. The monoisotopic (exact) mass is 469 g/mol. The highest BCUT2D eigenvalue weighted by Crippen LogP contribution is 2.47. The second-order valence-electron chi connectivity index (χ2n) is 8.65. The third kappa shape index (κ3) is 4.15. The van der Waals surface area contributed by atoms with Crippen molar-refractivity contribution in [1.82, 2.24) is 10.3 Å². The maximum Gasteiger partial charge on any atom is 0.254 e. The Hall–Kier alpha value is -3.70. The number of amides is 1. The van der Waals surface area contributed by atoms with Crippen molar-refractivity contribution in [2.24, 2.45) is 0 Å². The maximum atomic E-state index is 13.6. The SMILES string of the molecule is CC1=C(C(=O)Nc2cccnc2)C(c2ccccc2Cl)C2=C(CC(c3ccccc3)CC2=O)N1. The molecule has 1 amide bonds. The van der Waals surface area contributed by atoms with Crippen molar-refractivity contribution in [2.75, 3.05) is 5.32 Å². The number of carbonyl (C=O) groups excluding carboxylic acids is 2. The van der Waals surface area contributed by atoms with Gasteiger partial charge in [-0.25, -0.2) is 0 Å². The van der Waals surface area contributed by atoms with Crippen LogP contribution in [0.2, 0.25) is 5.02 Å². The number of aromatic nitrogens is 1. The van der Waals surface area contributed by atoms with Gasteiger partial charge in [-0.1, -0.05) is 60.1 Å². The fourth-order valence-electron chi connectivity index (χ4n) is 4.96. The lowest BCUT2D eigenvalue weighted by Gasteiger charge is -2.37. The summed E-state index contributed by atoms with van der Waals surface area (Å²) in [4.78, 5) is 31.2. The summed E-state index contributed by atoms with van der Waals surface area (Å²) in [6.45, 7) is 1.88. The van der Waals surface area contributed by atoms with Crippen LogP contribution in [0.1, 0.15) is 42.7 Å². The Balaban J connectivity index is 1.58. The second-order valence-corrected chi connectivity index (χ2v) is 9.05. The van der Waals surface area contributed by atoms with Crippen molar-refractivity contribution in [1.29, 1.82) is 0 Å². The number of hydrogen-bond acceptors (Lipinski definition) is 4. The van der Waals surface area contributed by atoms with Crippen LogP contribution < -0.4 is 10.6 Å². The summed E-state index contributed by atoms with van der Waals surface area (Å²) in [6.07, 6.45) is 4.33. The summed E-state index contributed by atoms with van der Waals surface area (Å²) in [5.41, 5.74) is 5.17. The van der Waals surface area contributed by atoms with E-state index >= 15 is 0 Å². The van der Waals surface area contributed by atoms with E-state index in [9.17, 15) is 9.59 Å². The van der Waals surface area contributed by atoms with Gasteiger partial charge >= 0.3 is 0 Å². The van der Waals surface area contributed by atoms with Crippen LogP contribution in [0.15, 0.2) is 102 Å². The highest BCUT2D eigenvalue weighted by atomic mass is 35.5. The van der Waals surface area contributed by atoms with Crippen LogP contribution in [0, 0.1) is 0 Å². The van der Waals surface area contributed by atoms with Crippen LogP contribution >= 0.6 is 11.6 Å². The first-order valence-corrected chi connectivity index (χ1v) is 11.7. The Bertz CT molecular complexity index is 1320. The van der Waals surface area contributed by atoms with E-state index in [0.717, 1.165) is 16.8 Å². The molecular formula is C28H24ClN3O2. The van der Waals surface area contributed by atoms with Gasteiger partial charge in [0.1, 0.15) is 0 Å². The van der Waals surface area contributed by atoms with Gasteiger partial charge in [0.25, 0.3) is 5.91 Å². The Kier molecular flexibility index (Phi) is 6.03. The lowest BCUT2D eigenvalue weighted by molar-refractivity contribution is -0.116. The fourth-order valence-corrected chi connectivity index (χ4v) is 5.20. The van der Waals surface area contributed by atoms with Gasteiger partial charge in [-0.2, -0.15) is 0 Å². The van der Waals surface area contributed by atoms with E-state index < -0.39 is 5.92 Å². The molecule has 0 fully saturated rings. The largest absolute Gasteiger partial charge is 0.362 e. The molecular weight excluding hydrogens is 446 g/mol. The zero-order chi connectivity index (χ0) is 23.7. The minimum absolute atomic E-state index is 0.0340. The molecule has 170 valence electrons. The van der Waals surface area contributed by atoms with Crippen molar-refractivity contribution in [3.8, 4) is 0 Å². The number of anilines is 1. The van der Waals surface area contributed by atoms with Crippen LogP contribution in [-0.2, 0) is 9.59 Å². The number of nitrogens with zero attached hydrogens (tertiary/aromatic N) is 1. The van der Waals surface area contributed by atoms with E-state index in [4.69, 9.17) is 11.6 Å². The molecule has 5 nitrogen and oxygen atoms in total. The van der Waals surface area contributed by atoms with Gasteiger partial charge in [-0.05, 0) is 48.6 Å². The molecule has 0 bridgehead atoms. The van der Waals surface area contributed by atoms with Gasteiger partial charge < -0.3 is 10.6 Å². The number of dihydropyridines is 1. The number of Topliss-reactive ketones (excluding diaryl/α,β-unsaturated/α-hetero) is 1. The molecule has 6 heteroatoms. The third-order valence-electron chi connectivity index (χ3n) is 6.48. The first-order chi connectivity index (χ1) is 16.5. The molecule has 2 unspecified atom stereocenters. The standard InChI is InChI=1S/C28H24ClN3O2/c1-17-25(28(34)32-20-10-7-13-30-16-20)26(21-11-5-6-12-22(21)29)27-23(31-17)14-19(15-24(27)33)18-8-3-2-4-9-18/h2-13,16,19,26,31H,14-15H2,1H3,(H,32,34). The topological polar surface area (TPSA) is 71.1 Å². The molecule has 5 rings (SSSR count). The minimum Gasteiger partial charge on any atom is -0.362 e. The highest BCUT2D eigenvalue weighted by molar-refractivity contribution is 6.31. The average Bonchev–Trinajstić information content (AvgIpc) is 2.84. The summed E-state index contributed by atoms with van der Waals surface area (Å²) in [6, 6.07) is 21.1. The van der Waals surface area contributed by atoms with Crippen molar-refractivity contribution in [2.45, 2.75) is 31.6 Å². The van der Waals surface area contributed by atoms with Gasteiger partial charge in [0.2, 0.25) is 0 Å². The number of ketones is 1. The van der Waals surface area contributed by atoms with Crippen LogP contribution in [-0.4, -0.2) is 16.7 Å². The van der Waals surface area contributed by atoms with E-state index in [1.54, 1.807) is 30.6 Å². The van der Waals surface area contributed by atoms with Crippen molar-refractivity contribution in [3.63, 3.8) is 0 Å². The number of nitrogens with one attached hydrogen (secondary N) is 2. The van der Waals surface area contributed by atoms with E-state index in [1.165, 1.54) is 0 Å². The summed E-state index contributed by atoms with van der Waals surface area (Å²) >= 11 is 6.62. The van der Waals surface area contributed by atoms with Crippen LogP contribution in [0.5, 0.6) is 0 Å². The predicted octanol–water partition coefficient (Wildman–Crippen LogP) is 5.74. The molecule has 2 aliphatic rings. The van der Waals surface area contributed by atoms with Gasteiger partial charge in [0.05, 0.1) is 11.9 Å². The molecule has 1 aliphatic carbocycles. The Morgan fingerprint density at radius 2 is 1.79 bits per heavy atom.